The van der Waals surface area contributed by atoms with E-state index in [1.54, 1.807) is 24.9 Å². The molecule has 9 nitrogen and oxygen atoms in total. The van der Waals surface area contributed by atoms with Crippen LogP contribution in [0.4, 0.5) is 11.4 Å². The summed E-state index contributed by atoms with van der Waals surface area (Å²) in [5, 5.41) is 18.1. The quantitative estimate of drug-likeness (QED) is 0.235. The lowest BCUT2D eigenvalue weighted by atomic mass is 10.2. The van der Waals surface area contributed by atoms with Crippen LogP contribution < -0.4 is 10.1 Å². The van der Waals surface area contributed by atoms with Crippen molar-refractivity contribution in [2.75, 3.05) is 12.4 Å². The monoisotopic (exact) mass is 469 g/mol. The van der Waals surface area contributed by atoms with Gasteiger partial charge in [0.05, 0.1) is 22.2 Å². The molecule has 0 saturated heterocycles. The molecule has 0 aliphatic rings. The third-order valence-corrected chi connectivity index (χ3v) is 6.97. The van der Waals surface area contributed by atoms with E-state index in [4.69, 9.17) is 4.74 Å². The molecule has 0 saturated carbocycles. The molecule has 0 unspecified atom stereocenters. The highest BCUT2D eigenvalue weighted by Crippen LogP contribution is 2.34. The fraction of sp³-hybridized carbons (Fsp3) is 0.190. The van der Waals surface area contributed by atoms with Gasteiger partial charge in [-0.1, -0.05) is 30.0 Å². The molecule has 11 heteroatoms. The number of nitro groups is 1. The summed E-state index contributed by atoms with van der Waals surface area (Å²) in [7, 11) is 3.16. The van der Waals surface area contributed by atoms with Gasteiger partial charge in [-0.25, -0.2) is 4.98 Å². The number of amides is 1. The minimum absolute atomic E-state index is 0.0926. The third kappa shape index (κ3) is 4.30. The molecule has 2 aromatic heterocycles. The highest BCUT2D eigenvalue weighted by atomic mass is 32.2. The number of anilines is 1. The van der Waals surface area contributed by atoms with Crippen molar-refractivity contribution in [3.63, 3.8) is 0 Å². The number of thiazole rings is 1. The van der Waals surface area contributed by atoms with Gasteiger partial charge in [0.2, 0.25) is 5.69 Å². The number of benzene rings is 2. The number of hydrogen-bond donors (Lipinski definition) is 1. The van der Waals surface area contributed by atoms with Crippen molar-refractivity contribution >= 4 is 50.6 Å². The van der Waals surface area contributed by atoms with Crippen LogP contribution in [-0.4, -0.2) is 32.7 Å². The summed E-state index contributed by atoms with van der Waals surface area (Å²) in [6.45, 7) is 1.50. The average Bonchev–Trinajstić information content (AvgIpc) is 3.31. The Hall–Kier alpha value is -3.44. The normalized spacial score (nSPS) is 11.0. The molecule has 4 rings (SSSR count). The number of rotatable bonds is 7. The summed E-state index contributed by atoms with van der Waals surface area (Å²) in [6, 6.07) is 13.2. The van der Waals surface area contributed by atoms with Crippen molar-refractivity contribution in [2.24, 2.45) is 7.05 Å². The van der Waals surface area contributed by atoms with Crippen molar-refractivity contribution in [3.05, 3.63) is 69.5 Å². The second kappa shape index (κ2) is 8.97. The van der Waals surface area contributed by atoms with Gasteiger partial charge in [0, 0.05) is 24.1 Å². The van der Waals surface area contributed by atoms with E-state index in [-0.39, 0.29) is 17.1 Å². The van der Waals surface area contributed by atoms with E-state index in [2.05, 4.69) is 15.4 Å². The Morgan fingerprint density at radius 1 is 1.31 bits per heavy atom. The zero-order valence-corrected chi connectivity index (χ0v) is 19.1. The first-order valence-electron chi connectivity index (χ1n) is 9.52. The number of aromatic nitrogens is 3. The fourth-order valence-corrected chi connectivity index (χ4v) is 5.41. The summed E-state index contributed by atoms with van der Waals surface area (Å²) in [5.41, 5.74) is 2.24. The maximum Gasteiger partial charge on any atom is 0.322 e. The fourth-order valence-electron chi connectivity index (χ4n) is 3.32. The summed E-state index contributed by atoms with van der Waals surface area (Å²) < 4.78 is 8.42. The highest BCUT2D eigenvalue weighted by molar-refractivity contribution is 8.00. The standard InChI is InChI=1S/C21H19N5O4S2/c1-12-18(26(28)29)19(25(2)24-12)20(27)22-14-8-9-15-17(10-14)32-21(23-15)31-11-13-6-4-5-7-16(13)30-3/h4-10H,11H2,1-3H3,(H,22,27). The number of nitrogens with zero attached hydrogens (tertiary/aromatic N) is 4. The molecule has 0 aliphatic carbocycles. The number of fused-ring (bicyclic) bond motifs is 1. The maximum atomic E-state index is 12.7. The molecule has 0 spiro atoms. The molecule has 2 heterocycles. The predicted octanol–water partition coefficient (Wildman–Crippen LogP) is 4.80. The minimum Gasteiger partial charge on any atom is -0.496 e. The van der Waals surface area contributed by atoms with Gasteiger partial charge in [-0.3, -0.25) is 19.6 Å². The number of aryl methyl sites for hydroxylation is 2. The number of carbonyl (C=O) groups excluding carboxylic acids is 1. The molecule has 0 fully saturated rings. The molecule has 0 atom stereocenters. The molecule has 1 amide bonds. The molecule has 4 aromatic rings. The van der Waals surface area contributed by atoms with Gasteiger partial charge in [-0.2, -0.15) is 5.10 Å². The lowest BCUT2D eigenvalue weighted by Crippen LogP contribution is -2.17. The highest BCUT2D eigenvalue weighted by Gasteiger charge is 2.29. The number of methoxy groups -OCH3 is 1. The first kappa shape index (κ1) is 21.8. The van der Waals surface area contributed by atoms with Crippen molar-refractivity contribution in [3.8, 4) is 5.75 Å². The Kier molecular flexibility index (Phi) is 6.10. The molecule has 0 aliphatic heterocycles. The van der Waals surface area contributed by atoms with E-state index in [1.807, 2.05) is 36.4 Å². The van der Waals surface area contributed by atoms with Crippen molar-refractivity contribution in [1.82, 2.24) is 14.8 Å². The van der Waals surface area contributed by atoms with Crippen LogP contribution in [0.2, 0.25) is 0 Å². The topological polar surface area (TPSA) is 112 Å². The molecular formula is C21H19N5O4S2. The van der Waals surface area contributed by atoms with E-state index >= 15 is 0 Å². The maximum absolute atomic E-state index is 12.7. The number of hydrogen-bond acceptors (Lipinski definition) is 8. The van der Waals surface area contributed by atoms with Crippen LogP contribution in [-0.2, 0) is 12.8 Å². The van der Waals surface area contributed by atoms with E-state index in [9.17, 15) is 14.9 Å². The first-order chi connectivity index (χ1) is 15.4. The van der Waals surface area contributed by atoms with Crippen LogP contribution in [0.25, 0.3) is 10.2 Å². The van der Waals surface area contributed by atoms with Gasteiger partial charge < -0.3 is 10.1 Å². The number of carbonyl (C=O) groups is 1. The lowest BCUT2D eigenvalue weighted by Gasteiger charge is -2.06. The molecule has 32 heavy (non-hydrogen) atoms. The van der Waals surface area contributed by atoms with Gasteiger partial charge in [0.1, 0.15) is 11.4 Å². The van der Waals surface area contributed by atoms with E-state index in [1.165, 1.54) is 30.0 Å². The second-order valence-corrected chi connectivity index (χ2v) is 9.13. The molecule has 164 valence electrons. The Labute approximate surface area is 191 Å². The van der Waals surface area contributed by atoms with Crippen molar-refractivity contribution in [1.29, 1.82) is 0 Å². The van der Waals surface area contributed by atoms with E-state index in [0.29, 0.717) is 5.69 Å². The first-order valence-corrected chi connectivity index (χ1v) is 11.3. The number of thioether (sulfide) groups is 1. The van der Waals surface area contributed by atoms with Crippen LogP contribution in [0.5, 0.6) is 5.75 Å². The molecule has 0 radical (unpaired) electrons. The van der Waals surface area contributed by atoms with Gasteiger partial charge in [0.15, 0.2) is 4.34 Å². The van der Waals surface area contributed by atoms with Crippen molar-refractivity contribution < 1.29 is 14.5 Å². The van der Waals surface area contributed by atoms with E-state index in [0.717, 1.165) is 31.6 Å². The van der Waals surface area contributed by atoms with Crippen LogP contribution in [0, 0.1) is 17.0 Å². The SMILES string of the molecule is COc1ccccc1CSc1nc2ccc(NC(=O)c3c([N+](=O)[O-])c(C)nn3C)cc2s1. The van der Waals surface area contributed by atoms with Crippen LogP contribution >= 0.6 is 23.1 Å². The zero-order chi connectivity index (χ0) is 22.8. The summed E-state index contributed by atoms with van der Waals surface area (Å²) >= 11 is 3.13. The number of para-hydroxylation sites is 1. The minimum atomic E-state index is -0.588. The Balaban J connectivity index is 1.52. The van der Waals surface area contributed by atoms with Gasteiger partial charge in [-0.05, 0) is 31.2 Å². The average molecular weight is 470 g/mol. The summed E-state index contributed by atoms with van der Waals surface area (Å²) in [4.78, 5) is 28.1. The molecular weight excluding hydrogens is 450 g/mol. The number of ether oxygens (including phenoxy) is 1. The summed E-state index contributed by atoms with van der Waals surface area (Å²) in [6.07, 6.45) is 0. The Morgan fingerprint density at radius 3 is 2.84 bits per heavy atom. The summed E-state index contributed by atoms with van der Waals surface area (Å²) in [5.74, 6) is 0.969. The Morgan fingerprint density at radius 2 is 2.09 bits per heavy atom. The van der Waals surface area contributed by atoms with Crippen molar-refractivity contribution in [2.45, 2.75) is 17.0 Å². The smallest absolute Gasteiger partial charge is 0.322 e. The third-order valence-electron chi connectivity index (χ3n) is 4.76. The van der Waals surface area contributed by atoms with Gasteiger partial charge in [0.25, 0.3) is 5.91 Å². The van der Waals surface area contributed by atoms with Crippen LogP contribution in [0.3, 0.4) is 0 Å². The molecule has 0 bridgehead atoms. The Bertz CT molecular complexity index is 1330. The largest absolute Gasteiger partial charge is 0.496 e. The zero-order valence-electron chi connectivity index (χ0n) is 17.5. The van der Waals surface area contributed by atoms with E-state index < -0.39 is 10.8 Å². The van der Waals surface area contributed by atoms with Crippen LogP contribution in [0.15, 0.2) is 46.8 Å². The predicted molar refractivity (Wildman–Crippen MR) is 125 cm³/mol. The van der Waals surface area contributed by atoms with Gasteiger partial charge in [-0.15, -0.1) is 11.3 Å². The second-order valence-electron chi connectivity index (χ2n) is 6.88. The molecule has 1 N–H and O–H groups in total. The lowest BCUT2D eigenvalue weighted by molar-refractivity contribution is -0.385. The molecule has 2 aromatic carbocycles. The number of nitrogens with one attached hydrogen (secondary N) is 1. The van der Waals surface area contributed by atoms with Crippen LogP contribution in [0.1, 0.15) is 21.7 Å². The van der Waals surface area contributed by atoms with Gasteiger partial charge >= 0.3 is 5.69 Å².